The van der Waals surface area contributed by atoms with Crippen molar-refractivity contribution in [3.8, 4) is 0 Å². The van der Waals surface area contributed by atoms with Gasteiger partial charge in [-0.1, -0.05) is 6.92 Å². The summed E-state index contributed by atoms with van der Waals surface area (Å²) in [5.41, 5.74) is 0. The third-order valence-electron chi connectivity index (χ3n) is 1.96. The van der Waals surface area contributed by atoms with Crippen molar-refractivity contribution in [2.24, 2.45) is 5.14 Å². The van der Waals surface area contributed by atoms with E-state index < -0.39 is 10.0 Å². The van der Waals surface area contributed by atoms with E-state index in [9.17, 15) is 8.42 Å². The maximum absolute atomic E-state index is 11.0. The van der Waals surface area contributed by atoms with Crippen LogP contribution in [0.2, 0.25) is 0 Å². The number of hydrogen-bond donors (Lipinski definition) is 1. The van der Waals surface area contributed by atoms with Crippen molar-refractivity contribution in [3.05, 3.63) is 0 Å². The molecule has 2 unspecified atom stereocenters. The van der Waals surface area contributed by atoms with Crippen molar-refractivity contribution in [1.82, 2.24) is 0 Å². The van der Waals surface area contributed by atoms with Gasteiger partial charge in [0, 0.05) is 5.25 Å². The van der Waals surface area contributed by atoms with E-state index in [1.165, 1.54) is 0 Å². The second-order valence-corrected chi connectivity index (χ2v) is 6.11. The molecule has 2 N–H and O–H groups in total. The van der Waals surface area contributed by atoms with Crippen molar-refractivity contribution in [3.63, 3.8) is 0 Å². The number of primary sulfonamides is 1. The van der Waals surface area contributed by atoms with E-state index in [0.717, 1.165) is 18.6 Å². The van der Waals surface area contributed by atoms with Gasteiger partial charge in [0.15, 0.2) is 0 Å². The van der Waals surface area contributed by atoms with Gasteiger partial charge in [-0.25, -0.2) is 13.6 Å². The second kappa shape index (κ2) is 3.33. The maximum Gasteiger partial charge on any atom is 0.213 e. The van der Waals surface area contributed by atoms with Gasteiger partial charge in [0.1, 0.15) is 0 Å². The Bertz CT molecular complexity index is 225. The molecule has 0 aromatic rings. The van der Waals surface area contributed by atoms with E-state index in [1.54, 1.807) is 11.8 Å². The van der Waals surface area contributed by atoms with E-state index in [2.05, 4.69) is 0 Å². The Hall–Kier alpha value is 0.260. The van der Waals surface area contributed by atoms with Gasteiger partial charge in [0.25, 0.3) is 0 Å². The zero-order valence-electron chi connectivity index (χ0n) is 6.49. The van der Waals surface area contributed by atoms with Crippen molar-refractivity contribution in [2.75, 3.05) is 5.75 Å². The molecule has 1 aliphatic heterocycles. The van der Waals surface area contributed by atoms with Crippen molar-refractivity contribution in [2.45, 2.75) is 30.3 Å². The number of nitrogens with two attached hydrogens (primary N) is 1. The standard InChI is InChI=1S/C6H13NO2S2/c1-5-6(11(7,8)9)3-2-4-10-5/h5-6H,2-4H2,1H3,(H2,7,8,9). The lowest BCUT2D eigenvalue weighted by molar-refractivity contribution is 0.565. The molecule has 0 radical (unpaired) electrons. The van der Waals surface area contributed by atoms with E-state index in [1.807, 2.05) is 6.92 Å². The Labute approximate surface area is 71.8 Å². The molecule has 0 aromatic carbocycles. The van der Waals surface area contributed by atoms with E-state index in [4.69, 9.17) is 5.14 Å². The van der Waals surface area contributed by atoms with Crippen LogP contribution in [0.4, 0.5) is 0 Å². The highest BCUT2D eigenvalue weighted by atomic mass is 32.2. The zero-order chi connectivity index (χ0) is 8.48. The summed E-state index contributed by atoms with van der Waals surface area (Å²) in [5.74, 6) is 1.06. The van der Waals surface area contributed by atoms with Gasteiger partial charge in [-0.15, -0.1) is 0 Å². The summed E-state index contributed by atoms with van der Waals surface area (Å²) in [4.78, 5) is 0. The Morgan fingerprint density at radius 3 is 2.55 bits per heavy atom. The van der Waals surface area contributed by atoms with Crippen LogP contribution in [-0.4, -0.2) is 24.7 Å². The smallest absolute Gasteiger partial charge is 0.213 e. The maximum atomic E-state index is 11.0. The first kappa shape index (κ1) is 9.35. The van der Waals surface area contributed by atoms with Gasteiger partial charge in [-0.05, 0) is 18.6 Å². The highest BCUT2D eigenvalue weighted by molar-refractivity contribution is 8.01. The monoisotopic (exact) mass is 195 g/mol. The van der Waals surface area contributed by atoms with Crippen LogP contribution in [0.5, 0.6) is 0 Å². The average Bonchev–Trinajstić information content (AvgIpc) is 1.86. The molecule has 0 bridgehead atoms. The summed E-state index contributed by atoms with van der Waals surface area (Å²) >= 11 is 1.69. The average molecular weight is 195 g/mol. The highest BCUT2D eigenvalue weighted by Crippen LogP contribution is 2.28. The van der Waals surface area contributed by atoms with E-state index in [-0.39, 0.29) is 10.5 Å². The zero-order valence-corrected chi connectivity index (χ0v) is 8.12. The molecule has 0 aromatic heterocycles. The molecule has 2 atom stereocenters. The molecule has 0 spiro atoms. The lowest BCUT2D eigenvalue weighted by atomic mass is 10.2. The van der Waals surface area contributed by atoms with Crippen LogP contribution in [0.1, 0.15) is 19.8 Å². The van der Waals surface area contributed by atoms with Gasteiger partial charge in [0.2, 0.25) is 10.0 Å². The molecule has 0 saturated carbocycles. The molecular formula is C6H13NO2S2. The van der Waals surface area contributed by atoms with Crippen LogP contribution < -0.4 is 5.14 Å². The summed E-state index contributed by atoms with van der Waals surface area (Å²) in [6, 6.07) is 0. The van der Waals surface area contributed by atoms with Gasteiger partial charge in [-0.2, -0.15) is 11.8 Å². The minimum absolute atomic E-state index is 0.166. The van der Waals surface area contributed by atoms with E-state index >= 15 is 0 Å². The van der Waals surface area contributed by atoms with Crippen molar-refractivity contribution in [1.29, 1.82) is 0 Å². The molecule has 11 heavy (non-hydrogen) atoms. The molecule has 66 valence electrons. The van der Waals surface area contributed by atoms with Crippen LogP contribution in [0.15, 0.2) is 0 Å². The third-order valence-corrected chi connectivity index (χ3v) is 5.00. The van der Waals surface area contributed by atoms with Gasteiger partial charge in [-0.3, -0.25) is 0 Å². The van der Waals surface area contributed by atoms with Gasteiger partial charge < -0.3 is 0 Å². The number of hydrogen-bond acceptors (Lipinski definition) is 3. The molecular weight excluding hydrogens is 182 g/mol. The Kier molecular flexibility index (Phi) is 2.83. The predicted molar refractivity (Wildman–Crippen MR) is 48.0 cm³/mol. The van der Waals surface area contributed by atoms with Crippen molar-refractivity contribution < 1.29 is 8.42 Å². The summed E-state index contributed by atoms with van der Waals surface area (Å²) in [6.45, 7) is 1.93. The first-order valence-electron chi connectivity index (χ1n) is 3.65. The van der Waals surface area contributed by atoms with Crippen molar-refractivity contribution >= 4 is 21.8 Å². The van der Waals surface area contributed by atoms with E-state index in [0.29, 0.717) is 0 Å². The minimum Gasteiger partial charge on any atom is -0.228 e. The fourth-order valence-corrected chi connectivity index (χ4v) is 4.11. The number of sulfonamides is 1. The molecule has 1 saturated heterocycles. The lowest BCUT2D eigenvalue weighted by Crippen LogP contribution is -2.37. The Balaban J connectivity index is 2.70. The van der Waals surface area contributed by atoms with Crippen LogP contribution in [0.3, 0.4) is 0 Å². The topological polar surface area (TPSA) is 60.2 Å². The predicted octanol–water partition coefficient (Wildman–Crippen LogP) is 0.559. The fourth-order valence-electron chi connectivity index (χ4n) is 1.33. The summed E-state index contributed by atoms with van der Waals surface area (Å²) in [6.07, 6.45) is 1.70. The normalized spacial score (nSPS) is 33.6. The minimum atomic E-state index is -3.30. The molecule has 0 aliphatic carbocycles. The third kappa shape index (κ3) is 2.35. The number of rotatable bonds is 1. The molecule has 5 heteroatoms. The first-order valence-corrected chi connectivity index (χ1v) is 6.31. The summed E-state index contributed by atoms with van der Waals surface area (Å²) in [5, 5.41) is 4.91. The largest absolute Gasteiger partial charge is 0.228 e. The van der Waals surface area contributed by atoms with Crippen LogP contribution in [0, 0.1) is 0 Å². The Morgan fingerprint density at radius 1 is 1.55 bits per heavy atom. The SMILES string of the molecule is CC1SCCCC1S(N)(=O)=O. The molecule has 1 fully saturated rings. The quantitative estimate of drug-likeness (QED) is 0.665. The number of thioether (sulfide) groups is 1. The van der Waals surface area contributed by atoms with Gasteiger partial charge >= 0.3 is 0 Å². The van der Waals surface area contributed by atoms with Crippen LogP contribution in [-0.2, 0) is 10.0 Å². The van der Waals surface area contributed by atoms with Crippen LogP contribution >= 0.6 is 11.8 Å². The summed E-state index contributed by atoms with van der Waals surface area (Å²) in [7, 11) is -3.30. The highest BCUT2D eigenvalue weighted by Gasteiger charge is 2.30. The molecule has 1 rings (SSSR count). The van der Waals surface area contributed by atoms with Gasteiger partial charge in [0.05, 0.1) is 5.25 Å². The molecule has 3 nitrogen and oxygen atoms in total. The molecule has 1 heterocycles. The first-order chi connectivity index (χ1) is 5.02. The molecule has 0 amide bonds. The Morgan fingerprint density at radius 2 is 2.18 bits per heavy atom. The fraction of sp³-hybridized carbons (Fsp3) is 1.00. The lowest BCUT2D eigenvalue weighted by Gasteiger charge is -2.25. The molecule has 1 aliphatic rings. The summed E-state index contributed by atoms with van der Waals surface area (Å²) < 4.78 is 21.9. The van der Waals surface area contributed by atoms with Crippen LogP contribution in [0.25, 0.3) is 0 Å². The second-order valence-electron chi connectivity index (χ2n) is 2.85.